The van der Waals surface area contributed by atoms with Crippen molar-refractivity contribution < 1.29 is 19.7 Å². The Hall–Kier alpha value is -1.85. The van der Waals surface area contributed by atoms with Gasteiger partial charge in [0.25, 0.3) is 0 Å². The van der Waals surface area contributed by atoms with Gasteiger partial charge in [-0.2, -0.15) is 0 Å². The zero-order valence-corrected chi connectivity index (χ0v) is 12.2. The number of phenols is 1. The topological polar surface area (TPSA) is 70.0 Å². The lowest BCUT2D eigenvalue weighted by molar-refractivity contribution is -0.151. The molecule has 5 rings (SSSR count). The second kappa shape index (κ2) is 3.55. The van der Waals surface area contributed by atoms with Gasteiger partial charge in [0, 0.05) is 11.6 Å². The fourth-order valence-corrected chi connectivity index (χ4v) is 5.13. The summed E-state index contributed by atoms with van der Waals surface area (Å²) in [7, 11) is 2.01. The molecule has 1 aromatic carbocycles. The lowest BCUT2D eigenvalue weighted by Crippen LogP contribution is -2.74. The molecule has 114 valence electrons. The van der Waals surface area contributed by atoms with Crippen LogP contribution in [-0.4, -0.2) is 52.2 Å². The van der Waals surface area contributed by atoms with E-state index in [2.05, 4.69) is 4.90 Å². The minimum Gasteiger partial charge on any atom is -0.504 e. The van der Waals surface area contributed by atoms with Crippen LogP contribution in [0.4, 0.5) is 0 Å². The Morgan fingerprint density at radius 3 is 3.05 bits per heavy atom. The molecule has 0 saturated carbocycles. The van der Waals surface area contributed by atoms with Gasteiger partial charge < -0.3 is 14.9 Å². The van der Waals surface area contributed by atoms with Gasteiger partial charge in [-0.1, -0.05) is 6.07 Å². The molecule has 1 aromatic rings. The number of carbonyl (C=O) groups excluding carboxylic acids is 1. The highest BCUT2D eigenvalue weighted by Crippen LogP contribution is 2.63. The van der Waals surface area contributed by atoms with Crippen molar-refractivity contribution in [1.29, 1.82) is 0 Å². The van der Waals surface area contributed by atoms with Crippen LogP contribution in [0.5, 0.6) is 11.5 Å². The second-order valence-corrected chi connectivity index (χ2v) is 6.93. The highest BCUT2D eigenvalue weighted by Gasteiger charge is 2.71. The van der Waals surface area contributed by atoms with Crippen LogP contribution < -0.4 is 4.74 Å². The summed E-state index contributed by atoms with van der Waals surface area (Å²) in [6.45, 7) is 0.794. The van der Waals surface area contributed by atoms with Gasteiger partial charge in [-0.3, -0.25) is 9.69 Å². The number of piperidine rings is 1. The number of ether oxygens (including phenoxy) is 1. The molecule has 5 nitrogen and oxygen atoms in total. The molecule has 4 aliphatic rings. The summed E-state index contributed by atoms with van der Waals surface area (Å²) in [4.78, 5) is 14.6. The number of carbonyl (C=O) groups is 1. The quantitative estimate of drug-likeness (QED) is 0.731. The van der Waals surface area contributed by atoms with Crippen molar-refractivity contribution in [2.75, 3.05) is 13.6 Å². The van der Waals surface area contributed by atoms with Crippen LogP contribution >= 0.6 is 0 Å². The highest BCUT2D eigenvalue weighted by atomic mass is 16.5. The van der Waals surface area contributed by atoms with E-state index in [0.717, 1.165) is 17.7 Å². The van der Waals surface area contributed by atoms with E-state index in [0.29, 0.717) is 18.6 Å². The molecule has 1 spiro atoms. The third kappa shape index (κ3) is 1.08. The van der Waals surface area contributed by atoms with Crippen molar-refractivity contribution >= 4 is 5.78 Å². The van der Waals surface area contributed by atoms with E-state index in [4.69, 9.17) is 4.74 Å². The standard InChI is InChI=1S/C17H17NO4/c1-18-7-6-16-13-9-2-3-10(19)14(13)22-15(16)11(20)4-5-17(16,21)12(18)8-9/h2-5,12,15,19,21H,6-8H2,1H3/t12?,15-,16?,17?/m0/s1. The van der Waals surface area contributed by atoms with E-state index >= 15 is 0 Å². The number of hydrogen-bond acceptors (Lipinski definition) is 5. The maximum Gasteiger partial charge on any atom is 0.196 e. The van der Waals surface area contributed by atoms with Gasteiger partial charge in [0.15, 0.2) is 23.4 Å². The number of aliphatic hydroxyl groups is 1. The van der Waals surface area contributed by atoms with E-state index < -0.39 is 17.1 Å². The predicted octanol–water partition coefficient (Wildman–Crippen LogP) is 0.521. The zero-order chi connectivity index (χ0) is 15.3. The maximum absolute atomic E-state index is 12.4. The fourth-order valence-electron chi connectivity index (χ4n) is 5.13. The highest BCUT2D eigenvalue weighted by molar-refractivity contribution is 5.99. The van der Waals surface area contributed by atoms with Gasteiger partial charge in [-0.05, 0) is 50.2 Å². The molecule has 2 N–H and O–H groups in total. The Morgan fingerprint density at radius 1 is 1.41 bits per heavy atom. The SMILES string of the molecule is CN1CCC23c4c5ccc(O)c4O[C@H]2C(=O)C=CC3(O)C1C5. The summed E-state index contributed by atoms with van der Waals surface area (Å²) in [6.07, 6.45) is 3.70. The summed E-state index contributed by atoms with van der Waals surface area (Å²) in [5.41, 5.74) is 0.0177. The number of likely N-dealkylation sites (tertiary alicyclic amines) is 1. The predicted molar refractivity (Wildman–Crippen MR) is 78.0 cm³/mol. The Kier molecular flexibility index (Phi) is 2.04. The number of phenolic OH excluding ortho intramolecular Hbond substituents is 1. The molecular weight excluding hydrogens is 282 g/mol. The van der Waals surface area contributed by atoms with Gasteiger partial charge in [0.05, 0.1) is 5.41 Å². The summed E-state index contributed by atoms with van der Waals surface area (Å²) in [5.74, 6) is 0.312. The molecule has 0 radical (unpaired) electrons. The molecule has 3 unspecified atom stereocenters. The van der Waals surface area contributed by atoms with Crippen molar-refractivity contribution in [2.24, 2.45) is 0 Å². The molecule has 2 bridgehead atoms. The molecule has 5 heteroatoms. The van der Waals surface area contributed by atoms with Crippen LogP contribution in [0, 0.1) is 0 Å². The molecule has 1 saturated heterocycles. The van der Waals surface area contributed by atoms with Gasteiger partial charge >= 0.3 is 0 Å². The first-order valence-corrected chi connectivity index (χ1v) is 7.67. The summed E-state index contributed by atoms with van der Waals surface area (Å²) in [5, 5.41) is 21.7. The Bertz CT molecular complexity index is 757. The number of benzene rings is 1. The first-order chi connectivity index (χ1) is 10.5. The van der Waals surface area contributed by atoms with Gasteiger partial charge in [-0.15, -0.1) is 0 Å². The van der Waals surface area contributed by atoms with Gasteiger partial charge in [0.2, 0.25) is 0 Å². The van der Waals surface area contributed by atoms with Gasteiger partial charge in [-0.25, -0.2) is 0 Å². The monoisotopic (exact) mass is 299 g/mol. The summed E-state index contributed by atoms with van der Waals surface area (Å²) in [6, 6.07) is 3.44. The Balaban J connectivity index is 1.91. The third-order valence-corrected chi connectivity index (χ3v) is 6.14. The van der Waals surface area contributed by atoms with Crippen molar-refractivity contribution in [1.82, 2.24) is 4.90 Å². The number of aromatic hydroxyl groups is 1. The normalized spacial score (nSPS) is 41.3. The third-order valence-electron chi connectivity index (χ3n) is 6.14. The molecule has 0 aromatic heterocycles. The van der Waals surface area contributed by atoms with Gasteiger partial charge in [0.1, 0.15) is 5.60 Å². The van der Waals surface area contributed by atoms with Crippen molar-refractivity contribution in [2.45, 2.75) is 36.0 Å². The lowest BCUT2D eigenvalue weighted by atomic mass is 9.51. The summed E-state index contributed by atoms with van der Waals surface area (Å²) >= 11 is 0. The van der Waals surface area contributed by atoms with Crippen LogP contribution in [-0.2, 0) is 16.6 Å². The molecule has 0 amide bonds. The van der Waals surface area contributed by atoms with E-state index in [1.807, 2.05) is 13.1 Å². The zero-order valence-electron chi connectivity index (χ0n) is 12.2. The number of hydrogen-bond donors (Lipinski definition) is 2. The lowest BCUT2D eigenvalue weighted by Gasteiger charge is -2.60. The average molecular weight is 299 g/mol. The van der Waals surface area contributed by atoms with Crippen LogP contribution in [0.1, 0.15) is 17.5 Å². The second-order valence-electron chi connectivity index (χ2n) is 6.93. The van der Waals surface area contributed by atoms with Crippen molar-refractivity contribution in [3.8, 4) is 11.5 Å². The minimum absolute atomic E-state index is 0.0510. The molecule has 4 atom stereocenters. The molecule has 2 aliphatic heterocycles. The van der Waals surface area contributed by atoms with Crippen molar-refractivity contribution in [3.05, 3.63) is 35.4 Å². The fraction of sp³-hybridized carbons (Fsp3) is 0.471. The van der Waals surface area contributed by atoms with Crippen LogP contribution in [0.3, 0.4) is 0 Å². The smallest absolute Gasteiger partial charge is 0.196 e. The number of nitrogens with zero attached hydrogens (tertiary/aromatic N) is 1. The Labute approximate surface area is 127 Å². The summed E-state index contributed by atoms with van der Waals surface area (Å²) < 4.78 is 5.89. The minimum atomic E-state index is -1.13. The molecule has 22 heavy (non-hydrogen) atoms. The molecule has 2 heterocycles. The van der Waals surface area contributed by atoms with Crippen LogP contribution in [0.2, 0.25) is 0 Å². The van der Waals surface area contributed by atoms with Crippen molar-refractivity contribution in [3.63, 3.8) is 0 Å². The Morgan fingerprint density at radius 2 is 2.23 bits per heavy atom. The van der Waals surface area contributed by atoms with Crippen LogP contribution in [0.15, 0.2) is 24.3 Å². The van der Waals surface area contributed by atoms with E-state index in [-0.39, 0.29) is 17.6 Å². The van der Waals surface area contributed by atoms with E-state index in [1.54, 1.807) is 12.1 Å². The molecule has 1 fully saturated rings. The number of likely N-dealkylation sites (N-methyl/N-ethyl adjacent to an activating group) is 1. The van der Waals surface area contributed by atoms with Crippen LogP contribution in [0.25, 0.3) is 0 Å². The molecular formula is C17H17NO4. The number of rotatable bonds is 0. The largest absolute Gasteiger partial charge is 0.504 e. The van der Waals surface area contributed by atoms with E-state index in [1.165, 1.54) is 6.08 Å². The van der Waals surface area contributed by atoms with E-state index in [9.17, 15) is 15.0 Å². The molecule has 2 aliphatic carbocycles. The maximum atomic E-state index is 12.4. The first-order valence-electron chi connectivity index (χ1n) is 7.67. The average Bonchev–Trinajstić information content (AvgIpc) is 2.85. The number of ketones is 1. The first kappa shape index (κ1) is 12.7.